The van der Waals surface area contributed by atoms with Gasteiger partial charge < -0.3 is 5.32 Å². The van der Waals surface area contributed by atoms with E-state index in [2.05, 4.69) is 10.0 Å². The van der Waals surface area contributed by atoms with Crippen LogP contribution in [0.15, 0.2) is 53.4 Å². The molecular weight excluding hydrogens is 367 g/mol. The molecule has 5 nitrogen and oxygen atoms in total. The van der Waals surface area contributed by atoms with Gasteiger partial charge in [-0.25, -0.2) is 17.5 Å². The molecule has 2 N–H and O–H groups in total. The summed E-state index contributed by atoms with van der Waals surface area (Å²) >= 11 is 0. The first-order chi connectivity index (χ1) is 12.8. The number of halogens is 1. The molecular formula is C20H23FN2O3S. The van der Waals surface area contributed by atoms with Gasteiger partial charge >= 0.3 is 0 Å². The largest absolute Gasteiger partial charge is 0.350 e. The molecule has 3 rings (SSSR count). The second kappa shape index (κ2) is 8.19. The predicted molar refractivity (Wildman–Crippen MR) is 101 cm³/mol. The molecule has 2 aromatic rings. The molecule has 1 saturated carbocycles. The lowest BCUT2D eigenvalue weighted by Crippen LogP contribution is -2.27. The molecule has 1 aliphatic carbocycles. The van der Waals surface area contributed by atoms with Crippen LogP contribution >= 0.6 is 0 Å². The molecule has 144 valence electrons. The first-order valence-corrected chi connectivity index (χ1v) is 10.5. The van der Waals surface area contributed by atoms with E-state index in [1.165, 1.54) is 12.1 Å². The highest BCUT2D eigenvalue weighted by atomic mass is 32.2. The van der Waals surface area contributed by atoms with Crippen LogP contribution in [0, 0.1) is 5.82 Å². The molecule has 7 heteroatoms. The van der Waals surface area contributed by atoms with Crippen molar-refractivity contribution < 1.29 is 17.6 Å². The van der Waals surface area contributed by atoms with Crippen LogP contribution in [0.3, 0.4) is 0 Å². The number of carbonyl (C=O) groups is 1. The molecule has 0 aromatic heterocycles. The van der Waals surface area contributed by atoms with Crippen molar-refractivity contribution in [3.63, 3.8) is 0 Å². The third-order valence-corrected chi connectivity index (χ3v) is 6.06. The van der Waals surface area contributed by atoms with E-state index in [4.69, 9.17) is 0 Å². The van der Waals surface area contributed by atoms with Crippen LogP contribution in [0.25, 0.3) is 0 Å². The first kappa shape index (κ1) is 19.5. The lowest BCUT2D eigenvalue weighted by atomic mass is 10.1. The normalized spacial score (nSPS) is 15.3. The smallest absolute Gasteiger partial charge is 0.240 e. The molecule has 1 aliphatic rings. The summed E-state index contributed by atoms with van der Waals surface area (Å²) in [4.78, 5) is 12.4. The zero-order valence-corrected chi connectivity index (χ0v) is 15.9. The van der Waals surface area contributed by atoms with Crippen molar-refractivity contribution in [3.05, 3.63) is 65.5 Å². The molecule has 0 saturated heterocycles. The van der Waals surface area contributed by atoms with Crippen molar-refractivity contribution in [1.82, 2.24) is 10.0 Å². The third kappa shape index (κ3) is 5.61. The van der Waals surface area contributed by atoms with Gasteiger partial charge in [0, 0.05) is 12.5 Å². The Morgan fingerprint density at radius 3 is 2.33 bits per heavy atom. The van der Waals surface area contributed by atoms with Crippen molar-refractivity contribution in [3.8, 4) is 0 Å². The third-order valence-electron chi connectivity index (χ3n) is 4.52. The Bertz CT molecular complexity index is 892. The quantitative estimate of drug-likeness (QED) is 0.727. The van der Waals surface area contributed by atoms with Gasteiger partial charge in [-0.15, -0.1) is 0 Å². The zero-order valence-electron chi connectivity index (χ0n) is 15.1. The summed E-state index contributed by atoms with van der Waals surface area (Å²) in [6.45, 7) is 1.84. The van der Waals surface area contributed by atoms with Crippen LogP contribution < -0.4 is 10.0 Å². The Morgan fingerprint density at radius 2 is 1.74 bits per heavy atom. The van der Waals surface area contributed by atoms with Crippen LogP contribution in [0.2, 0.25) is 0 Å². The summed E-state index contributed by atoms with van der Waals surface area (Å²) in [5.74, 6) is -0.422. The Hall–Kier alpha value is -2.25. The van der Waals surface area contributed by atoms with Gasteiger partial charge in [0.25, 0.3) is 0 Å². The monoisotopic (exact) mass is 390 g/mol. The highest BCUT2D eigenvalue weighted by Gasteiger charge is 2.27. The number of sulfonamides is 1. The van der Waals surface area contributed by atoms with Crippen LogP contribution in [0.4, 0.5) is 4.39 Å². The molecule has 0 bridgehead atoms. The second-order valence-electron chi connectivity index (χ2n) is 6.88. The van der Waals surface area contributed by atoms with E-state index in [-0.39, 0.29) is 35.1 Å². The van der Waals surface area contributed by atoms with Crippen molar-refractivity contribution in [2.45, 2.75) is 49.6 Å². The van der Waals surface area contributed by atoms with Gasteiger partial charge in [0.05, 0.1) is 10.9 Å². The molecule has 1 fully saturated rings. The van der Waals surface area contributed by atoms with E-state index < -0.39 is 10.0 Å². The number of carbonyl (C=O) groups excluding carboxylic acids is 1. The van der Waals surface area contributed by atoms with E-state index in [1.54, 1.807) is 36.4 Å². The lowest BCUT2D eigenvalue weighted by molar-refractivity contribution is -0.121. The topological polar surface area (TPSA) is 75.3 Å². The maximum atomic E-state index is 13.0. The zero-order chi connectivity index (χ0) is 19.4. The molecule has 1 amide bonds. The summed E-state index contributed by atoms with van der Waals surface area (Å²) in [6, 6.07) is 12.5. The summed E-state index contributed by atoms with van der Waals surface area (Å²) < 4.78 is 39.9. The second-order valence-corrected chi connectivity index (χ2v) is 8.59. The van der Waals surface area contributed by atoms with Crippen molar-refractivity contribution in [1.29, 1.82) is 0 Å². The Labute approximate surface area is 159 Å². The van der Waals surface area contributed by atoms with Crippen molar-refractivity contribution in [2.24, 2.45) is 0 Å². The number of nitrogens with one attached hydrogen (secondary N) is 2. The van der Waals surface area contributed by atoms with Gasteiger partial charge in [-0.05, 0) is 61.6 Å². The summed E-state index contributed by atoms with van der Waals surface area (Å²) in [5, 5.41) is 2.88. The first-order valence-electron chi connectivity index (χ1n) is 8.99. The molecule has 0 unspecified atom stereocenters. The Kier molecular flexibility index (Phi) is 5.92. The number of aryl methyl sites for hydroxylation is 1. The van der Waals surface area contributed by atoms with Gasteiger partial charge in [-0.2, -0.15) is 0 Å². The van der Waals surface area contributed by atoms with Crippen LogP contribution in [0.5, 0.6) is 0 Å². The van der Waals surface area contributed by atoms with Gasteiger partial charge in [0.1, 0.15) is 5.82 Å². The molecule has 2 aromatic carbocycles. The highest BCUT2D eigenvalue weighted by molar-refractivity contribution is 7.89. The van der Waals surface area contributed by atoms with E-state index in [1.807, 2.05) is 6.92 Å². The Balaban J connectivity index is 1.50. The Morgan fingerprint density at radius 1 is 1.11 bits per heavy atom. The number of benzene rings is 2. The standard InChI is InChI=1S/C20H23FN2O3S/c1-14(16-5-7-17(21)8-6-16)22-20(24)13-4-15-2-11-19(12-3-15)27(25,26)23-18-9-10-18/h2-3,5-8,11-12,14,18,23H,4,9-10,13H2,1H3,(H,22,24)/t14-/m0/s1. The SMILES string of the molecule is C[C@H](NC(=O)CCc1ccc(S(=O)(=O)NC2CC2)cc1)c1ccc(F)cc1. The molecule has 0 heterocycles. The summed E-state index contributed by atoms with van der Waals surface area (Å²) in [5.41, 5.74) is 1.73. The van der Waals surface area contributed by atoms with E-state index in [0.717, 1.165) is 24.0 Å². The van der Waals surface area contributed by atoms with Crippen LogP contribution in [0.1, 0.15) is 43.4 Å². The van der Waals surface area contributed by atoms with Crippen molar-refractivity contribution >= 4 is 15.9 Å². The highest BCUT2D eigenvalue weighted by Crippen LogP contribution is 2.22. The fourth-order valence-corrected chi connectivity index (χ4v) is 4.04. The molecule has 0 spiro atoms. The number of amides is 1. The van der Waals surface area contributed by atoms with Crippen LogP contribution in [-0.4, -0.2) is 20.4 Å². The number of rotatable bonds is 8. The minimum absolute atomic E-state index is 0.0708. The van der Waals surface area contributed by atoms with Gasteiger partial charge in [0.15, 0.2) is 0 Å². The lowest BCUT2D eigenvalue weighted by Gasteiger charge is -2.14. The van der Waals surface area contributed by atoms with Crippen LogP contribution in [-0.2, 0) is 21.2 Å². The summed E-state index contributed by atoms with van der Waals surface area (Å²) in [6.07, 6.45) is 2.59. The molecule has 0 radical (unpaired) electrons. The number of hydrogen-bond donors (Lipinski definition) is 2. The van der Waals surface area contributed by atoms with Crippen molar-refractivity contribution in [2.75, 3.05) is 0 Å². The maximum absolute atomic E-state index is 13.0. The molecule has 0 aliphatic heterocycles. The van der Waals surface area contributed by atoms with E-state index in [9.17, 15) is 17.6 Å². The number of hydrogen-bond acceptors (Lipinski definition) is 3. The minimum Gasteiger partial charge on any atom is -0.350 e. The fraction of sp³-hybridized carbons (Fsp3) is 0.350. The van der Waals surface area contributed by atoms with Gasteiger partial charge in [0.2, 0.25) is 15.9 Å². The van der Waals surface area contributed by atoms with E-state index >= 15 is 0 Å². The minimum atomic E-state index is -3.45. The summed E-state index contributed by atoms with van der Waals surface area (Å²) in [7, 11) is -3.45. The molecule has 1 atom stereocenters. The average Bonchev–Trinajstić information content (AvgIpc) is 3.44. The molecule has 27 heavy (non-hydrogen) atoms. The maximum Gasteiger partial charge on any atom is 0.240 e. The van der Waals surface area contributed by atoms with Gasteiger partial charge in [-0.3, -0.25) is 4.79 Å². The predicted octanol–water partition coefficient (Wildman–Crippen LogP) is 3.08. The fourth-order valence-electron chi connectivity index (χ4n) is 2.73. The van der Waals surface area contributed by atoms with E-state index in [0.29, 0.717) is 6.42 Å². The average molecular weight is 390 g/mol. The van der Waals surface area contributed by atoms with Gasteiger partial charge in [-0.1, -0.05) is 24.3 Å².